The highest BCUT2D eigenvalue weighted by molar-refractivity contribution is 5.98. The Bertz CT molecular complexity index is 1910. The van der Waals surface area contributed by atoms with Gasteiger partial charge in [0, 0.05) is 29.9 Å². The van der Waals surface area contributed by atoms with E-state index in [9.17, 15) is 39.9 Å². The van der Waals surface area contributed by atoms with Gasteiger partial charge in [0.25, 0.3) is 0 Å². The zero-order chi connectivity index (χ0) is 43.6. The number of hydrogen-bond donors (Lipinski definition) is 5. The molecule has 1 saturated heterocycles. The molecular formula is C46H60O13. The number of ether oxygens (including phenoxy) is 5. The van der Waals surface area contributed by atoms with Crippen molar-refractivity contribution in [3.63, 3.8) is 0 Å². The third kappa shape index (κ3) is 12.8. The summed E-state index contributed by atoms with van der Waals surface area (Å²) in [5.41, 5.74) is 0.767. The third-order valence-electron chi connectivity index (χ3n) is 10.5. The van der Waals surface area contributed by atoms with Gasteiger partial charge in [-0.1, -0.05) is 76.6 Å². The van der Waals surface area contributed by atoms with Crippen molar-refractivity contribution >= 4 is 29.9 Å². The molecule has 0 radical (unpaired) electrons. The first-order valence-electron chi connectivity index (χ1n) is 20.2. The van der Waals surface area contributed by atoms with E-state index in [1.165, 1.54) is 36.4 Å². The van der Waals surface area contributed by atoms with Crippen LogP contribution in [0.25, 0.3) is 12.2 Å². The predicted molar refractivity (Wildman–Crippen MR) is 222 cm³/mol. The van der Waals surface area contributed by atoms with Crippen molar-refractivity contribution in [2.75, 3.05) is 6.61 Å². The number of fused-ring (bicyclic) bond motifs is 3. The summed E-state index contributed by atoms with van der Waals surface area (Å²) in [5, 5.41) is 50.8. The van der Waals surface area contributed by atoms with Gasteiger partial charge in [0.05, 0.1) is 24.9 Å². The largest absolute Gasteiger partial charge is 0.508 e. The van der Waals surface area contributed by atoms with E-state index < -0.39 is 47.9 Å². The number of aliphatic hydroxyl groups excluding tert-OH is 2. The first kappa shape index (κ1) is 46.7. The quantitative estimate of drug-likeness (QED) is 0.116. The Morgan fingerprint density at radius 3 is 1.90 bits per heavy atom. The molecular weight excluding hydrogens is 760 g/mol. The van der Waals surface area contributed by atoms with Crippen molar-refractivity contribution in [1.29, 1.82) is 0 Å². The van der Waals surface area contributed by atoms with Crippen LogP contribution in [0.2, 0.25) is 0 Å². The van der Waals surface area contributed by atoms with Crippen molar-refractivity contribution in [3.05, 3.63) is 83.0 Å². The molecule has 13 heteroatoms. The summed E-state index contributed by atoms with van der Waals surface area (Å²) in [4.78, 5) is 37.5. The lowest BCUT2D eigenvalue weighted by Crippen LogP contribution is -2.32. The number of carbonyl (C=O) groups excluding carboxylic acids is 3. The fourth-order valence-corrected chi connectivity index (χ4v) is 6.64. The van der Waals surface area contributed by atoms with Crippen LogP contribution >= 0.6 is 0 Å². The van der Waals surface area contributed by atoms with Gasteiger partial charge in [0.2, 0.25) is 0 Å². The molecule has 3 unspecified atom stereocenters. The molecule has 0 aliphatic carbocycles. The van der Waals surface area contributed by atoms with Crippen LogP contribution in [0.1, 0.15) is 113 Å². The van der Waals surface area contributed by atoms with Crippen LogP contribution in [0, 0.1) is 17.8 Å². The maximum atomic E-state index is 12.8. The number of cyclic esters (lactones) is 2. The SMILES string of the molecule is CC1/C=C\[C@@H](C)[C@H](C)OC(=O)c2c(O)cc(O)cc2/C=C/C[C@@H]2OC(C)(C)OC12.CCCCOc1cc(O)c2c(c1)/C=C/C[C@H](O)C(O)C(=O)/C=C\[C@@H](C)[C@H](C)OC2=O. The summed E-state index contributed by atoms with van der Waals surface area (Å²) < 4.78 is 28.9. The molecule has 0 aromatic heterocycles. The van der Waals surface area contributed by atoms with Gasteiger partial charge in [0.15, 0.2) is 11.6 Å². The molecule has 0 amide bonds. The average Bonchev–Trinajstić information content (AvgIpc) is 3.48. The van der Waals surface area contributed by atoms with Crippen molar-refractivity contribution in [2.24, 2.45) is 17.8 Å². The molecule has 2 aromatic rings. The summed E-state index contributed by atoms with van der Waals surface area (Å²) in [5.74, 6) is -3.19. The number of phenolic OH excluding ortho intramolecular Hbond substituents is 3. The van der Waals surface area contributed by atoms with Crippen molar-refractivity contribution < 1.29 is 63.6 Å². The van der Waals surface area contributed by atoms with Crippen LogP contribution in [-0.4, -0.2) is 92.3 Å². The van der Waals surface area contributed by atoms with Crippen LogP contribution in [-0.2, 0) is 23.7 Å². The second kappa shape index (κ2) is 20.8. The summed E-state index contributed by atoms with van der Waals surface area (Å²) in [6.07, 6.45) is 11.6. The minimum Gasteiger partial charge on any atom is -0.508 e. The van der Waals surface area contributed by atoms with Gasteiger partial charge in [-0.2, -0.15) is 0 Å². The van der Waals surface area contributed by atoms with E-state index >= 15 is 0 Å². The van der Waals surface area contributed by atoms with E-state index in [4.69, 9.17) is 23.7 Å². The standard InChI is InChI=1S/C23H30O7.C23H30O6/c1-4-5-11-29-17-12-16-7-6-8-18(24)22(27)19(25)10-9-14(2)15(3)30-23(28)21(16)20(26)13-17;1-13-9-10-14(2)21-19(28-23(4,5)29-21)8-6-7-16-11-17(24)12-18(25)20(16)22(26)27-15(13)3/h6-7,9-10,12-15,18,22,24,26-27H,4-5,8,11H2,1-3H3;6-7,9-15,19,21,24-25H,8H2,1-5H3/b2*7-6+,10-9-/t14-,15+,18+,22?;13-,14?,15+,19+,21?/m11/s1. The minimum absolute atomic E-state index is 0.0136. The molecule has 59 heavy (non-hydrogen) atoms. The monoisotopic (exact) mass is 820 g/mol. The summed E-state index contributed by atoms with van der Waals surface area (Å²) in [6.45, 7) is 15.6. The Balaban J connectivity index is 0.000000261. The topological polar surface area (TPSA) is 199 Å². The predicted octanol–water partition coefficient (Wildman–Crippen LogP) is 7.43. The van der Waals surface area contributed by atoms with E-state index in [-0.39, 0.29) is 64.8 Å². The number of esters is 2. The summed E-state index contributed by atoms with van der Waals surface area (Å²) >= 11 is 0. The molecule has 3 heterocycles. The minimum atomic E-state index is -1.56. The highest BCUT2D eigenvalue weighted by Gasteiger charge is 2.42. The Kier molecular flexibility index (Phi) is 16.5. The normalized spacial score (nSPS) is 30.9. The van der Waals surface area contributed by atoms with Gasteiger partial charge in [-0.15, -0.1) is 0 Å². The average molecular weight is 821 g/mol. The van der Waals surface area contributed by atoms with Gasteiger partial charge in [-0.05, 0) is 76.3 Å². The molecule has 5 N–H and O–H groups in total. The number of aliphatic hydroxyl groups is 2. The van der Waals surface area contributed by atoms with Gasteiger partial charge in [-0.25, -0.2) is 9.59 Å². The zero-order valence-electron chi connectivity index (χ0n) is 35.2. The van der Waals surface area contributed by atoms with E-state index in [0.29, 0.717) is 29.9 Å². The molecule has 0 saturated carbocycles. The van der Waals surface area contributed by atoms with E-state index in [0.717, 1.165) is 18.9 Å². The molecule has 9 atom stereocenters. The Labute approximate surface area is 346 Å². The van der Waals surface area contributed by atoms with Gasteiger partial charge >= 0.3 is 11.9 Å². The maximum Gasteiger partial charge on any atom is 0.342 e. The highest BCUT2D eigenvalue weighted by Crippen LogP contribution is 2.36. The van der Waals surface area contributed by atoms with Crippen molar-refractivity contribution in [2.45, 2.75) is 123 Å². The molecule has 3 aliphatic heterocycles. The fourth-order valence-electron chi connectivity index (χ4n) is 6.64. The Hall–Kier alpha value is -4.95. The number of ketones is 1. The number of unbranched alkanes of at least 4 members (excludes halogenated alkanes) is 1. The van der Waals surface area contributed by atoms with Crippen LogP contribution < -0.4 is 4.74 Å². The molecule has 3 aliphatic rings. The van der Waals surface area contributed by atoms with Crippen LogP contribution in [0.4, 0.5) is 0 Å². The smallest absolute Gasteiger partial charge is 0.342 e. The molecule has 322 valence electrons. The fraction of sp³-hybridized carbons (Fsp3) is 0.500. The molecule has 5 rings (SSSR count). The Morgan fingerprint density at radius 1 is 0.712 bits per heavy atom. The number of phenols is 3. The van der Waals surface area contributed by atoms with Crippen LogP contribution in [0.3, 0.4) is 0 Å². The first-order valence-corrected chi connectivity index (χ1v) is 20.2. The van der Waals surface area contributed by atoms with E-state index in [1.807, 2.05) is 46.8 Å². The number of carbonyl (C=O) groups is 3. The van der Waals surface area contributed by atoms with E-state index in [1.54, 1.807) is 26.0 Å². The van der Waals surface area contributed by atoms with Gasteiger partial charge < -0.3 is 49.2 Å². The van der Waals surface area contributed by atoms with Crippen LogP contribution in [0.5, 0.6) is 23.0 Å². The molecule has 13 nitrogen and oxygen atoms in total. The molecule has 0 bridgehead atoms. The zero-order valence-corrected chi connectivity index (χ0v) is 35.2. The van der Waals surface area contributed by atoms with E-state index in [2.05, 4.69) is 13.0 Å². The second-order valence-corrected chi connectivity index (χ2v) is 15.9. The van der Waals surface area contributed by atoms with Crippen molar-refractivity contribution in [3.8, 4) is 23.0 Å². The van der Waals surface area contributed by atoms with Crippen LogP contribution in [0.15, 0.2) is 60.7 Å². The highest BCUT2D eigenvalue weighted by atomic mass is 16.8. The lowest BCUT2D eigenvalue weighted by molar-refractivity contribution is -0.148. The first-order chi connectivity index (χ1) is 27.8. The Morgan fingerprint density at radius 2 is 1.27 bits per heavy atom. The lowest BCUT2D eigenvalue weighted by Gasteiger charge is -2.23. The number of hydrogen-bond acceptors (Lipinski definition) is 13. The maximum absolute atomic E-state index is 12.8. The molecule has 2 aromatic carbocycles. The lowest BCUT2D eigenvalue weighted by atomic mass is 9.94. The summed E-state index contributed by atoms with van der Waals surface area (Å²) in [6, 6.07) is 5.55. The van der Waals surface area contributed by atoms with Crippen molar-refractivity contribution in [1.82, 2.24) is 0 Å². The number of aromatic hydroxyl groups is 3. The van der Waals surface area contributed by atoms with Gasteiger partial charge in [0.1, 0.15) is 52.4 Å². The number of rotatable bonds is 4. The summed E-state index contributed by atoms with van der Waals surface area (Å²) in [7, 11) is 0. The second-order valence-electron chi connectivity index (χ2n) is 15.9. The molecule has 0 spiro atoms. The molecule has 1 fully saturated rings. The van der Waals surface area contributed by atoms with Gasteiger partial charge in [-0.3, -0.25) is 4.79 Å². The number of benzene rings is 2. The third-order valence-corrected chi connectivity index (χ3v) is 10.5.